The number of carbonyl (C=O) groups is 2. The van der Waals surface area contributed by atoms with Crippen LogP contribution in [0.3, 0.4) is 0 Å². The van der Waals surface area contributed by atoms with Crippen LogP contribution in [-0.2, 0) is 20.5 Å². The van der Waals surface area contributed by atoms with Crippen LogP contribution in [0.2, 0.25) is 5.02 Å². The van der Waals surface area contributed by atoms with Gasteiger partial charge < -0.3 is 14.8 Å². The maximum absolute atomic E-state index is 12.6. The van der Waals surface area contributed by atoms with E-state index in [0.717, 1.165) is 18.2 Å². The minimum Gasteiger partial charge on any atom is -0.482 e. The standard InChI is InChI=1S/C17H14ClF3N2O4/c1-10(16(25)23-14-6-5-12(18)8-22-14)27-15(24)9-26-13-4-2-3-11(7-13)17(19,20)21/h2-8,10H,9H2,1H3,(H,22,23,25)/t10-/m0/s1. The van der Waals surface area contributed by atoms with Crippen LogP contribution < -0.4 is 10.1 Å². The van der Waals surface area contributed by atoms with Crippen LogP contribution in [0.15, 0.2) is 42.6 Å². The van der Waals surface area contributed by atoms with E-state index >= 15 is 0 Å². The maximum Gasteiger partial charge on any atom is 0.416 e. The molecule has 0 saturated heterocycles. The molecule has 0 fully saturated rings. The molecule has 2 aromatic rings. The molecule has 10 heteroatoms. The third kappa shape index (κ3) is 6.45. The van der Waals surface area contributed by atoms with Crippen molar-refractivity contribution in [3.8, 4) is 5.75 Å². The molecule has 1 amide bonds. The second kappa shape index (κ2) is 8.72. The third-order valence-electron chi connectivity index (χ3n) is 3.17. The van der Waals surface area contributed by atoms with E-state index < -0.39 is 36.3 Å². The summed E-state index contributed by atoms with van der Waals surface area (Å²) in [6.45, 7) is 0.672. The van der Waals surface area contributed by atoms with Gasteiger partial charge in [-0.05, 0) is 37.3 Å². The van der Waals surface area contributed by atoms with Crippen LogP contribution in [0, 0.1) is 0 Å². The number of rotatable bonds is 6. The van der Waals surface area contributed by atoms with Crippen LogP contribution in [0.1, 0.15) is 12.5 Å². The number of carbonyl (C=O) groups excluding carboxylic acids is 2. The fourth-order valence-electron chi connectivity index (χ4n) is 1.87. The number of hydrogen-bond acceptors (Lipinski definition) is 5. The number of hydrogen-bond donors (Lipinski definition) is 1. The molecular weight excluding hydrogens is 389 g/mol. The molecule has 27 heavy (non-hydrogen) atoms. The van der Waals surface area contributed by atoms with E-state index in [1.165, 1.54) is 31.3 Å². The Kier molecular flexibility index (Phi) is 6.62. The minimum atomic E-state index is -4.53. The zero-order valence-electron chi connectivity index (χ0n) is 13.9. The lowest BCUT2D eigenvalue weighted by atomic mass is 10.2. The lowest BCUT2D eigenvalue weighted by Crippen LogP contribution is -2.31. The predicted molar refractivity (Wildman–Crippen MR) is 90.4 cm³/mol. The Balaban J connectivity index is 1.84. The number of aromatic nitrogens is 1. The van der Waals surface area contributed by atoms with Gasteiger partial charge in [-0.25, -0.2) is 9.78 Å². The highest BCUT2D eigenvalue weighted by Gasteiger charge is 2.30. The van der Waals surface area contributed by atoms with E-state index in [4.69, 9.17) is 21.1 Å². The van der Waals surface area contributed by atoms with Gasteiger partial charge in [-0.1, -0.05) is 17.7 Å². The van der Waals surface area contributed by atoms with E-state index in [1.807, 2.05) is 0 Å². The molecule has 1 N–H and O–H groups in total. The maximum atomic E-state index is 12.6. The second-order valence-corrected chi connectivity index (χ2v) is 5.73. The Morgan fingerprint density at radius 2 is 2.00 bits per heavy atom. The largest absolute Gasteiger partial charge is 0.482 e. The molecule has 0 bridgehead atoms. The highest BCUT2D eigenvalue weighted by molar-refractivity contribution is 6.30. The van der Waals surface area contributed by atoms with Gasteiger partial charge >= 0.3 is 12.1 Å². The molecule has 0 unspecified atom stereocenters. The summed E-state index contributed by atoms with van der Waals surface area (Å²) >= 11 is 5.68. The zero-order chi connectivity index (χ0) is 20.0. The van der Waals surface area contributed by atoms with Crippen molar-refractivity contribution in [1.82, 2.24) is 4.98 Å². The summed E-state index contributed by atoms with van der Waals surface area (Å²) in [7, 11) is 0. The normalized spacial score (nSPS) is 12.2. The number of nitrogens with one attached hydrogen (secondary N) is 1. The number of halogens is 4. The van der Waals surface area contributed by atoms with Gasteiger partial charge in [0.05, 0.1) is 10.6 Å². The van der Waals surface area contributed by atoms with Crippen LogP contribution in [0.25, 0.3) is 0 Å². The summed E-state index contributed by atoms with van der Waals surface area (Å²) in [6.07, 6.45) is -4.36. The lowest BCUT2D eigenvalue weighted by molar-refractivity contribution is -0.155. The average molecular weight is 403 g/mol. The van der Waals surface area contributed by atoms with Gasteiger partial charge in [0, 0.05) is 6.20 Å². The summed E-state index contributed by atoms with van der Waals surface area (Å²) in [4.78, 5) is 27.5. The summed E-state index contributed by atoms with van der Waals surface area (Å²) < 4.78 is 47.7. The predicted octanol–water partition coefficient (Wildman–Crippen LogP) is 3.70. The molecule has 1 aromatic heterocycles. The van der Waals surface area contributed by atoms with Crippen molar-refractivity contribution in [2.45, 2.75) is 19.2 Å². The Labute approximate surface area is 157 Å². The summed E-state index contributed by atoms with van der Waals surface area (Å²) in [5, 5.41) is 2.81. The molecule has 0 aliphatic rings. The monoisotopic (exact) mass is 402 g/mol. The van der Waals surface area contributed by atoms with Gasteiger partial charge in [-0.3, -0.25) is 4.79 Å². The molecule has 0 spiro atoms. The van der Waals surface area contributed by atoms with Gasteiger partial charge in [-0.2, -0.15) is 13.2 Å². The van der Waals surface area contributed by atoms with Crippen molar-refractivity contribution >= 4 is 29.3 Å². The van der Waals surface area contributed by atoms with Gasteiger partial charge in [0.25, 0.3) is 5.91 Å². The number of benzene rings is 1. The van der Waals surface area contributed by atoms with E-state index in [-0.39, 0.29) is 11.6 Å². The Morgan fingerprint density at radius 1 is 1.26 bits per heavy atom. The number of ether oxygens (including phenoxy) is 2. The number of pyridine rings is 1. The number of alkyl halides is 3. The molecule has 6 nitrogen and oxygen atoms in total. The first-order chi connectivity index (χ1) is 12.6. The number of nitrogens with zero attached hydrogens (tertiary/aromatic N) is 1. The van der Waals surface area contributed by atoms with Crippen molar-refractivity contribution in [2.24, 2.45) is 0 Å². The van der Waals surface area contributed by atoms with Crippen molar-refractivity contribution < 1.29 is 32.2 Å². The average Bonchev–Trinajstić information content (AvgIpc) is 2.61. The summed E-state index contributed by atoms with van der Waals surface area (Å²) in [6, 6.07) is 7.04. The molecule has 1 atom stereocenters. The molecule has 1 aromatic carbocycles. The molecule has 0 radical (unpaired) electrons. The van der Waals surface area contributed by atoms with E-state index in [2.05, 4.69) is 10.3 Å². The van der Waals surface area contributed by atoms with Crippen LogP contribution in [0.5, 0.6) is 5.75 Å². The zero-order valence-corrected chi connectivity index (χ0v) is 14.7. The first-order valence-corrected chi connectivity index (χ1v) is 7.95. The summed E-state index contributed by atoms with van der Waals surface area (Å²) in [5.74, 6) is -1.49. The molecule has 0 saturated carbocycles. The lowest BCUT2D eigenvalue weighted by Gasteiger charge is -2.14. The van der Waals surface area contributed by atoms with Crippen molar-refractivity contribution in [1.29, 1.82) is 0 Å². The summed E-state index contributed by atoms with van der Waals surface area (Å²) in [5.41, 5.74) is -0.906. The van der Waals surface area contributed by atoms with Crippen molar-refractivity contribution in [3.63, 3.8) is 0 Å². The fourth-order valence-corrected chi connectivity index (χ4v) is 1.98. The molecule has 2 rings (SSSR count). The highest BCUT2D eigenvalue weighted by Crippen LogP contribution is 2.31. The minimum absolute atomic E-state index is 0.149. The van der Waals surface area contributed by atoms with E-state index in [9.17, 15) is 22.8 Å². The SMILES string of the molecule is C[C@H](OC(=O)COc1cccc(C(F)(F)F)c1)C(=O)Nc1ccc(Cl)cn1. The Bertz CT molecular complexity index is 813. The van der Waals surface area contributed by atoms with E-state index in [1.54, 1.807) is 0 Å². The van der Waals surface area contributed by atoms with Crippen LogP contribution in [0.4, 0.5) is 19.0 Å². The topological polar surface area (TPSA) is 77.5 Å². The molecule has 144 valence electrons. The first-order valence-electron chi connectivity index (χ1n) is 7.57. The second-order valence-electron chi connectivity index (χ2n) is 5.30. The van der Waals surface area contributed by atoms with Crippen LogP contribution >= 0.6 is 11.6 Å². The number of esters is 1. The number of anilines is 1. The number of amides is 1. The smallest absolute Gasteiger partial charge is 0.416 e. The quantitative estimate of drug-likeness (QED) is 0.745. The van der Waals surface area contributed by atoms with Crippen molar-refractivity contribution in [3.05, 3.63) is 53.2 Å². The Hall–Kier alpha value is -2.81. The van der Waals surface area contributed by atoms with Gasteiger partial charge in [0.2, 0.25) is 0 Å². The molecule has 0 aliphatic heterocycles. The third-order valence-corrected chi connectivity index (χ3v) is 3.40. The molecule has 0 aliphatic carbocycles. The Morgan fingerprint density at radius 3 is 2.63 bits per heavy atom. The van der Waals surface area contributed by atoms with Gasteiger partial charge in [0.15, 0.2) is 12.7 Å². The fraction of sp³-hybridized carbons (Fsp3) is 0.235. The van der Waals surface area contributed by atoms with Gasteiger partial charge in [0.1, 0.15) is 11.6 Å². The van der Waals surface area contributed by atoms with Crippen molar-refractivity contribution in [2.75, 3.05) is 11.9 Å². The highest BCUT2D eigenvalue weighted by atomic mass is 35.5. The van der Waals surface area contributed by atoms with E-state index in [0.29, 0.717) is 5.02 Å². The first kappa shape index (κ1) is 20.5. The molecular formula is C17H14ClF3N2O4. The van der Waals surface area contributed by atoms with Gasteiger partial charge in [-0.15, -0.1) is 0 Å². The van der Waals surface area contributed by atoms with Crippen LogP contribution in [-0.4, -0.2) is 29.6 Å². The molecule has 1 heterocycles.